The Hall–Kier alpha value is -3.43. The maximum atomic E-state index is 13.2. The number of fused-ring (bicyclic) bond motifs is 1. The molecule has 0 unspecified atom stereocenters. The van der Waals surface area contributed by atoms with Gasteiger partial charge in [-0.15, -0.1) is 0 Å². The van der Waals surface area contributed by atoms with Crippen molar-refractivity contribution >= 4 is 33.2 Å². The maximum absolute atomic E-state index is 13.2. The van der Waals surface area contributed by atoms with Crippen LogP contribution in [0.1, 0.15) is 37.2 Å². The van der Waals surface area contributed by atoms with Crippen LogP contribution in [-0.4, -0.2) is 38.9 Å². The smallest absolute Gasteiger partial charge is 0.294 e. The van der Waals surface area contributed by atoms with E-state index in [-0.39, 0.29) is 34.6 Å². The van der Waals surface area contributed by atoms with E-state index in [2.05, 4.69) is 4.72 Å². The van der Waals surface area contributed by atoms with Gasteiger partial charge in [-0.1, -0.05) is 18.2 Å². The second kappa shape index (κ2) is 8.41. The molecule has 1 saturated carbocycles. The molecule has 0 saturated heterocycles. The Morgan fingerprint density at radius 2 is 1.71 bits per heavy atom. The molecule has 1 aromatic heterocycles. The third-order valence-electron chi connectivity index (χ3n) is 6.13. The number of benzene rings is 2. The summed E-state index contributed by atoms with van der Waals surface area (Å²) in [6.07, 6.45) is 3.19. The minimum Gasteiger partial charge on any atom is -0.459 e. The Bertz CT molecular complexity index is 1350. The maximum Gasteiger partial charge on any atom is 0.294 e. The van der Waals surface area contributed by atoms with E-state index < -0.39 is 10.0 Å². The summed E-state index contributed by atoms with van der Waals surface area (Å²) in [5.41, 5.74) is 2.83. The van der Waals surface area contributed by atoms with Gasteiger partial charge in [0, 0.05) is 19.5 Å². The fraction of sp³-hybridized carbons (Fsp3) is 0.280. The van der Waals surface area contributed by atoms with E-state index in [9.17, 15) is 18.0 Å². The van der Waals surface area contributed by atoms with Crippen LogP contribution >= 0.6 is 0 Å². The molecule has 2 heterocycles. The molecule has 0 bridgehead atoms. The molecule has 2 amide bonds. The number of carbonyl (C=O) groups is 2. The number of nitrogens with zero attached hydrogens (tertiary/aromatic N) is 2. The van der Waals surface area contributed by atoms with E-state index in [1.54, 1.807) is 46.2 Å². The Balaban J connectivity index is 1.52. The van der Waals surface area contributed by atoms with Gasteiger partial charge in [0.1, 0.15) is 0 Å². The summed E-state index contributed by atoms with van der Waals surface area (Å²) < 4.78 is 33.0. The number of nitrogens with one attached hydrogen (secondary N) is 1. The van der Waals surface area contributed by atoms with Crippen LogP contribution in [0.4, 0.5) is 11.4 Å². The van der Waals surface area contributed by atoms with E-state index in [4.69, 9.17) is 4.42 Å². The minimum atomic E-state index is -3.54. The average molecular weight is 480 g/mol. The van der Waals surface area contributed by atoms with Crippen molar-refractivity contribution in [2.45, 2.75) is 43.7 Å². The first-order valence-electron chi connectivity index (χ1n) is 11.2. The largest absolute Gasteiger partial charge is 0.459 e. The molecule has 0 radical (unpaired) electrons. The van der Waals surface area contributed by atoms with Crippen molar-refractivity contribution in [3.63, 3.8) is 0 Å². The number of amides is 2. The zero-order valence-corrected chi connectivity index (χ0v) is 19.7. The van der Waals surface area contributed by atoms with Gasteiger partial charge < -0.3 is 14.2 Å². The summed E-state index contributed by atoms with van der Waals surface area (Å²) >= 11 is 0. The van der Waals surface area contributed by atoms with Crippen molar-refractivity contribution < 1.29 is 22.4 Å². The highest BCUT2D eigenvalue weighted by molar-refractivity contribution is 7.89. The normalized spacial score (nSPS) is 18.0. The van der Waals surface area contributed by atoms with Gasteiger partial charge >= 0.3 is 0 Å². The summed E-state index contributed by atoms with van der Waals surface area (Å²) in [6.45, 7) is 3.72. The van der Waals surface area contributed by atoms with Crippen LogP contribution in [0.15, 0.2) is 70.2 Å². The highest BCUT2D eigenvalue weighted by atomic mass is 32.2. The van der Waals surface area contributed by atoms with Crippen LogP contribution in [0.2, 0.25) is 0 Å². The van der Waals surface area contributed by atoms with Crippen molar-refractivity contribution in [3.05, 3.63) is 66.6 Å². The molecule has 176 valence electrons. The lowest BCUT2D eigenvalue weighted by Gasteiger charge is -2.40. The molecule has 1 atom stereocenters. The standard InChI is InChI=1S/C25H25N3O5S/c1-16-15-27(25(30)24-4-3-13-33-24)23-14-19(7-12-22(23)28(16)17(2)29)18-5-10-21(11-6-18)34(31,32)26-20-8-9-20/h3-7,10-14,16,20,26H,8-9,15H2,1-2H3/t16-/m0/s1. The van der Waals surface area contributed by atoms with E-state index >= 15 is 0 Å². The molecular weight excluding hydrogens is 454 g/mol. The number of anilines is 2. The molecule has 0 spiro atoms. The predicted molar refractivity (Wildman–Crippen MR) is 128 cm³/mol. The summed E-state index contributed by atoms with van der Waals surface area (Å²) in [5, 5.41) is 0. The molecule has 5 rings (SSSR count). The van der Waals surface area contributed by atoms with Gasteiger partial charge in [-0.05, 0) is 67.3 Å². The quantitative estimate of drug-likeness (QED) is 0.600. The molecule has 8 nitrogen and oxygen atoms in total. The highest BCUT2D eigenvalue weighted by Crippen LogP contribution is 2.39. The zero-order valence-electron chi connectivity index (χ0n) is 18.9. The zero-order chi connectivity index (χ0) is 24.0. The predicted octanol–water partition coefficient (Wildman–Crippen LogP) is 3.79. The van der Waals surface area contributed by atoms with Crippen molar-refractivity contribution in [2.75, 3.05) is 16.3 Å². The molecule has 1 aliphatic heterocycles. The van der Waals surface area contributed by atoms with Crippen LogP contribution < -0.4 is 14.5 Å². The third-order valence-corrected chi connectivity index (χ3v) is 7.66. The molecular formula is C25H25N3O5S. The SMILES string of the molecule is CC(=O)N1c2ccc(-c3ccc(S(=O)(=O)NC4CC4)cc3)cc2N(C(=O)c2ccco2)C[C@@H]1C. The number of hydrogen-bond acceptors (Lipinski definition) is 5. The monoisotopic (exact) mass is 479 g/mol. The molecule has 1 aliphatic carbocycles. The number of carbonyl (C=O) groups excluding carboxylic acids is 2. The first-order valence-corrected chi connectivity index (χ1v) is 12.6. The fourth-order valence-corrected chi connectivity index (χ4v) is 5.63. The first kappa shape index (κ1) is 22.4. The van der Waals surface area contributed by atoms with E-state index in [1.165, 1.54) is 13.2 Å². The molecule has 2 aromatic carbocycles. The fourth-order valence-electron chi connectivity index (χ4n) is 4.33. The Morgan fingerprint density at radius 3 is 2.32 bits per heavy atom. The van der Waals surface area contributed by atoms with Crippen LogP contribution in [-0.2, 0) is 14.8 Å². The van der Waals surface area contributed by atoms with Crippen molar-refractivity contribution in [1.82, 2.24) is 4.72 Å². The number of rotatable bonds is 5. The van der Waals surface area contributed by atoms with Crippen molar-refractivity contribution in [1.29, 1.82) is 0 Å². The van der Waals surface area contributed by atoms with E-state index in [0.717, 1.165) is 24.0 Å². The van der Waals surface area contributed by atoms with Gasteiger partial charge in [0.15, 0.2) is 5.76 Å². The second-order valence-corrected chi connectivity index (χ2v) is 10.5. The van der Waals surface area contributed by atoms with E-state index in [0.29, 0.717) is 17.9 Å². The molecule has 34 heavy (non-hydrogen) atoms. The topological polar surface area (TPSA) is 99.9 Å². The van der Waals surface area contributed by atoms with Gasteiger partial charge in [0.05, 0.1) is 28.6 Å². The third kappa shape index (κ3) is 4.12. The number of sulfonamides is 1. The van der Waals surface area contributed by atoms with Crippen LogP contribution in [0.5, 0.6) is 0 Å². The van der Waals surface area contributed by atoms with Gasteiger partial charge in [-0.2, -0.15) is 0 Å². The van der Waals surface area contributed by atoms with Gasteiger partial charge in [0.2, 0.25) is 15.9 Å². The lowest BCUT2D eigenvalue weighted by atomic mass is 10.0. The minimum absolute atomic E-state index is 0.0367. The Labute approximate surface area is 198 Å². The second-order valence-electron chi connectivity index (χ2n) is 8.75. The summed E-state index contributed by atoms with van der Waals surface area (Å²) in [4.78, 5) is 29.1. The molecule has 1 N–H and O–H groups in total. The van der Waals surface area contributed by atoms with Crippen molar-refractivity contribution in [2.24, 2.45) is 0 Å². The summed E-state index contributed by atoms with van der Waals surface area (Å²) in [6, 6.07) is 15.3. The van der Waals surface area contributed by atoms with Gasteiger partial charge in [0.25, 0.3) is 5.91 Å². The first-order chi connectivity index (χ1) is 16.2. The van der Waals surface area contributed by atoms with E-state index in [1.807, 2.05) is 25.1 Å². The summed E-state index contributed by atoms with van der Waals surface area (Å²) in [5.74, 6) is -0.173. The molecule has 2 aliphatic rings. The highest BCUT2D eigenvalue weighted by Gasteiger charge is 2.35. The lowest BCUT2D eigenvalue weighted by Crippen LogP contribution is -2.51. The van der Waals surface area contributed by atoms with Gasteiger partial charge in [-0.3, -0.25) is 9.59 Å². The Kier molecular flexibility index (Phi) is 5.53. The van der Waals surface area contributed by atoms with Gasteiger partial charge in [-0.25, -0.2) is 13.1 Å². The number of hydrogen-bond donors (Lipinski definition) is 1. The molecule has 9 heteroatoms. The lowest BCUT2D eigenvalue weighted by molar-refractivity contribution is -0.117. The number of furan rings is 1. The molecule has 3 aromatic rings. The molecule has 1 fully saturated rings. The van der Waals surface area contributed by atoms with Crippen molar-refractivity contribution in [3.8, 4) is 11.1 Å². The summed E-state index contributed by atoms with van der Waals surface area (Å²) in [7, 11) is -3.54. The van der Waals surface area contributed by atoms with Crippen LogP contribution in [0.3, 0.4) is 0 Å². The Morgan fingerprint density at radius 1 is 1.00 bits per heavy atom. The average Bonchev–Trinajstić information content (AvgIpc) is 3.44. The van der Waals surface area contributed by atoms with Crippen LogP contribution in [0.25, 0.3) is 11.1 Å². The van der Waals surface area contributed by atoms with Crippen LogP contribution in [0, 0.1) is 0 Å².